The highest BCUT2D eigenvalue weighted by molar-refractivity contribution is 6.31. The number of halogens is 1. The molecule has 1 nitrogen and oxygen atoms in total. The van der Waals surface area contributed by atoms with E-state index in [1.807, 2.05) is 13.1 Å². The van der Waals surface area contributed by atoms with E-state index >= 15 is 0 Å². The molecule has 0 amide bonds. The fraction of sp³-hybridized carbons (Fsp3) is 0.538. The third-order valence-electron chi connectivity index (χ3n) is 3.20. The van der Waals surface area contributed by atoms with Crippen LogP contribution in [0.5, 0.6) is 0 Å². The highest BCUT2D eigenvalue weighted by Crippen LogP contribution is 2.37. The zero-order chi connectivity index (χ0) is 10.8. The Bertz CT molecular complexity index is 344. The van der Waals surface area contributed by atoms with Gasteiger partial charge in [0, 0.05) is 11.1 Å². The van der Waals surface area contributed by atoms with Crippen molar-refractivity contribution in [3.8, 4) is 0 Å². The summed E-state index contributed by atoms with van der Waals surface area (Å²) >= 11 is 6.03. The van der Waals surface area contributed by atoms with E-state index in [9.17, 15) is 0 Å². The Kier molecular flexibility index (Phi) is 3.32. The first-order valence-electron chi connectivity index (χ1n) is 5.64. The van der Waals surface area contributed by atoms with Crippen LogP contribution in [0.2, 0.25) is 5.02 Å². The molecule has 0 spiro atoms. The fourth-order valence-corrected chi connectivity index (χ4v) is 2.11. The third kappa shape index (κ3) is 2.73. The topological polar surface area (TPSA) is 12.0 Å². The van der Waals surface area contributed by atoms with Crippen LogP contribution in [0.4, 0.5) is 0 Å². The molecular weight excluding hydrogens is 206 g/mol. The molecular formula is C13H18ClN. The van der Waals surface area contributed by atoms with Crippen molar-refractivity contribution in [1.29, 1.82) is 0 Å². The van der Waals surface area contributed by atoms with Crippen LogP contribution in [0.25, 0.3) is 0 Å². The summed E-state index contributed by atoms with van der Waals surface area (Å²) in [5.74, 6) is 0.943. The molecule has 1 N–H and O–H groups in total. The van der Waals surface area contributed by atoms with Crippen molar-refractivity contribution in [3.63, 3.8) is 0 Å². The van der Waals surface area contributed by atoms with Crippen molar-refractivity contribution in [3.05, 3.63) is 34.3 Å². The Morgan fingerprint density at radius 2 is 2.20 bits per heavy atom. The second-order valence-electron chi connectivity index (χ2n) is 4.53. The normalized spacial score (nSPS) is 17.8. The Labute approximate surface area is 96.8 Å². The Hall–Kier alpha value is -0.530. The summed E-state index contributed by atoms with van der Waals surface area (Å²) in [7, 11) is 2.04. The first-order valence-corrected chi connectivity index (χ1v) is 6.02. The van der Waals surface area contributed by atoms with Crippen LogP contribution < -0.4 is 5.32 Å². The lowest BCUT2D eigenvalue weighted by Crippen LogP contribution is -2.17. The van der Waals surface area contributed by atoms with Gasteiger partial charge in [0.1, 0.15) is 0 Å². The summed E-state index contributed by atoms with van der Waals surface area (Å²) in [6.07, 6.45) is 4.08. The number of hydrogen-bond acceptors (Lipinski definition) is 1. The minimum Gasteiger partial charge on any atom is -0.313 e. The maximum Gasteiger partial charge on any atom is 0.0435 e. The lowest BCUT2D eigenvalue weighted by atomic mass is 10.00. The number of rotatable bonds is 4. The standard InChI is InChI=1S/C13H18ClN/c1-9-7-11(5-6-12(9)14)13(15-2)8-10-3-4-10/h5-7,10,13,15H,3-4,8H2,1-2H3. The van der Waals surface area contributed by atoms with E-state index in [1.165, 1.54) is 30.4 Å². The Morgan fingerprint density at radius 1 is 1.47 bits per heavy atom. The zero-order valence-corrected chi connectivity index (χ0v) is 10.1. The van der Waals surface area contributed by atoms with Gasteiger partial charge >= 0.3 is 0 Å². The van der Waals surface area contributed by atoms with Crippen LogP contribution in [-0.4, -0.2) is 7.05 Å². The number of nitrogens with one attached hydrogen (secondary N) is 1. The average molecular weight is 224 g/mol. The van der Waals surface area contributed by atoms with Gasteiger partial charge in [0.25, 0.3) is 0 Å². The van der Waals surface area contributed by atoms with Gasteiger partial charge in [-0.25, -0.2) is 0 Å². The Morgan fingerprint density at radius 3 is 2.73 bits per heavy atom. The quantitative estimate of drug-likeness (QED) is 0.821. The SMILES string of the molecule is CNC(CC1CC1)c1ccc(Cl)c(C)c1. The van der Waals surface area contributed by atoms with Crippen molar-refractivity contribution >= 4 is 11.6 Å². The van der Waals surface area contributed by atoms with E-state index < -0.39 is 0 Å². The lowest BCUT2D eigenvalue weighted by molar-refractivity contribution is 0.514. The number of hydrogen-bond donors (Lipinski definition) is 1. The first kappa shape index (κ1) is 11.0. The first-order chi connectivity index (χ1) is 7.20. The van der Waals surface area contributed by atoms with Crippen molar-refractivity contribution in [2.75, 3.05) is 7.05 Å². The molecule has 0 aliphatic heterocycles. The van der Waals surface area contributed by atoms with Gasteiger partial charge in [-0.15, -0.1) is 0 Å². The highest BCUT2D eigenvalue weighted by Gasteiger charge is 2.25. The van der Waals surface area contributed by atoms with Gasteiger partial charge in [0.15, 0.2) is 0 Å². The van der Waals surface area contributed by atoms with Crippen molar-refractivity contribution in [2.24, 2.45) is 5.92 Å². The molecule has 1 fully saturated rings. The lowest BCUT2D eigenvalue weighted by Gasteiger charge is -2.17. The molecule has 2 rings (SSSR count). The van der Waals surface area contributed by atoms with E-state index in [2.05, 4.69) is 24.4 Å². The van der Waals surface area contributed by atoms with Crippen LogP contribution >= 0.6 is 11.6 Å². The average Bonchev–Trinajstić information content (AvgIpc) is 3.02. The fourth-order valence-electron chi connectivity index (χ4n) is 1.99. The van der Waals surface area contributed by atoms with E-state index in [1.54, 1.807) is 0 Å². The summed E-state index contributed by atoms with van der Waals surface area (Å²) in [6, 6.07) is 6.84. The van der Waals surface area contributed by atoms with Gasteiger partial charge < -0.3 is 5.32 Å². The van der Waals surface area contributed by atoms with Crippen LogP contribution in [0.1, 0.15) is 36.4 Å². The van der Waals surface area contributed by atoms with Gasteiger partial charge in [0.2, 0.25) is 0 Å². The van der Waals surface area contributed by atoms with Gasteiger partial charge in [-0.3, -0.25) is 0 Å². The van der Waals surface area contributed by atoms with Crippen LogP contribution in [0.15, 0.2) is 18.2 Å². The summed E-state index contributed by atoms with van der Waals surface area (Å²) in [6.45, 7) is 2.07. The van der Waals surface area contributed by atoms with Crippen LogP contribution in [-0.2, 0) is 0 Å². The monoisotopic (exact) mass is 223 g/mol. The minimum atomic E-state index is 0.494. The summed E-state index contributed by atoms with van der Waals surface area (Å²) < 4.78 is 0. The summed E-state index contributed by atoms with van der Waals surface area (Å²) in [5.41, 5.74) is 2.54. The van der Waals surface area contributed by atoms with Crippen molar-refractivity contribution < 1.29 is 0 Å². The van der Waals surface area contributed by atoms with E-state index in [4.69, 9.17) is 11.6 Å². The molecule has 1 aromatic rings. The molecule has 0 bridgehead atoms. The van der Waals surface area contributed by atoms with Crippen LogP contribution in [0.3, 0.4) is 0 Å². The molecule has 0 saturated heterocycles. The van der Waals surface area contributed by atoms with Gasteiger partial charge in [-0.2, -0.15) is 0 Å². The molecule has 82 valence electrons. The largest absolute Gasteiger partial charge is 0.313 e. The van der Waals surface area contributed by atoms with Crippen LogP contribution in [0, 0.1) is 12.8 Å². The third-order valence-corrected chi connectivity index (χ3v) is 3.62. The molecule has 1 aliphatic carbocycles. The molecule has 2 heteroatoms. The molecule has 0 heterocycles. The second-order valence-corrected chi connectivity index (χ2v) is 4.94. The zero-order valence-electron chi connectivity index (χ0n) is 9.39. The summed E-state index contributed by atoms with van der Waals surface area (Å²) in [5, 5.41) is 4.25. The molecule has 0 aromatic heterocycles. The second kappa shape index (κ2) is 4.54. The molecule has 1 aromatic carbocycles. The molecule has 15 heavy (non-hydrogen) atoms. The van der Waals surface area contributed by atoms with Crippen molar-refractivity contribution in [2.45, 2.75) is 32.2 Å². The smallest absolute Gasteiger partial charge is 0.0435 e. The number of benzene rings is 1. The van der Waals surface area contributed by atoms with E-state index in [0.29, 0.717) is 6.04 Å². The molecule has 1 unspecified atom stereocenters. The molecule has 1 aliphatic rings. The maximum absolute atomic E-state index is 6.03. The minimum absolute atomic E-state index is 0.494. The predicted molar refractivity (Wildman–Crippen MR) is 65.3 cm³/mol. The predicted octanol–water partition coefficient (Wildman–Crippen LogP) is 3.71. The van der Waals surface area contributed by atoms with Gasteiger partial charge in [-0.1, -0.05) is 36.6 Å². The molecule has 1 saturated carbocycles. The highest BCUT2D eigenvalue weighted by atomic mass is 35.5. The van der Waals surface area contributed by atoms with Gasteiger partial charge in [0.05, 0.1) is 0 Å². The summed E-state index contributed by atoms with van der Waals surface area (Å²) in [4.78, 5) is 0. The molecule has 0 radical (unpaired) electrons. The molecule has 1 atom stereocenters. The van der Waals surface area contributed by atoms with Crippen molar-refractivity contribution in [1.82, 2.24) is 5.32 Å². The van der Waals surface area contributed by atoms with E-state index in [-0.39, 0.29) is 0 Å². The van der Waals surface area contributed by atoms with Gasteiger partial charge in [-0.05, 0) is 43.5 Å². The number of aryl methyl sites for hydroxylation is 1. The maximum atomic E-state index is 6.03. The van der Waals surface area contributed by atoms with E-state index in [0.717, 1.165) is 10.9 Å². The Balaban J connectivity index is 2.13.